The Labute approximate surface area is 92.9 Å². The first-order chi connectivity index (χ1) is 7.46. The first-order valence-electron chi connectivity index (χ1n) is 4.57. The van der Waals surface area contributed by atoms with Crippen LogP contribution in [0.25, 0.3) is 11.0 Å². The van der Waals surface area contributed by atoms with Gasteiger partial charge in [-0.2, -0.15) is 8.42 Å². The van der Waals surface area contributed by atoms with Gasteiger partial charge in [0.2, 0.25) is 0 Å². The zero-order chi connectivity index (χ0) is 11.8. The minimum Gasteiger partial charge on any atom is -0.456 e. The van der Waals surface area contributed by atoms with Gasteiger partial charge in [-0.05, 0) is 12.1 Å². The monoisotopic (exact) mass is 241 g/mol. The van der Waals surface area contributed by atoms with Crippen molar-refractivity contribution in [3.63, 3.8) is 0 Å². The highest BCUT2D eigenvalue weighted by Crippen LogP contribution is 2.25. The fourth-order valence-electron chi connectivity index (χ4n) is 1.38. The molecule has 0 spiro atoms. The van der Waals surface area contributed by atoms with Crippen molar-refractivity contribution < 1.29 is 17.0 Å². The van der Waals surface area contributed by atoms with Crippen molar-refractivity contribution in [3.05, 3.63) is 30.0 Å². The molecule has 5 nitrogen and oxygen atoms in total. The van der Waals surface area contributed by atoms with Crippen LogP contribution in [0.1, 0.15) is 5.76 Å². The van der Waals surface area contributed by atoms with Crippen LogP contribution in [0.3, 0.4) is 0 Å². The molecular formula is C10H11NO4S. The molecular weight excluding hydrogens is 230 g/mol. The summed E-state index contributed by atoms with van der Waals surface area (Å²) in [6.45, 7) is -0.118. The average molecular weight is 241 g/mol. The summed E-state index contributed by atoms with van der Waals surface area (Å²) in [5.74, 6) is 0.429. The second-order valence-electron chi connectivity index (χ2n) is 3.44. The van der Waals surface area contributed by atoms with Crippen molar-refractivity contribution >= 4 is 26.8 Å². The zero-order valence-electron chi connectivity index (χ0n) is 8.64. The standard InChI is InChI=1S/C10H11NO4S/c1-16(12,13)14-6-8-5-7-3-2-4-9(11)10(7)15-8/h2-5H,6,11H2,1H3. The van der Waals surface area contributed by atoms with Crippen molar-refractivity contribution in [1.29, 1.82) is 0 Å². The van der Waals surface area contributed by atoms with Gasteiger partial charge in [-0.1, -0.05) is 12.1 Å². The fraction of sp³-hybridized carbons (Fsp3) is 0.200. The van der Waals surface area contributed by atoms with Gasteiger partial charge in [-0.15, -0.1) is 0 Å². The summed E-state index contributed by atoms with van der Waals surface area (Å²) in [6.07, 6.45) is 0.990. The molecule has 0 amide bonds. The minimum absolute atomic E-state index is 0.118. The van der Waals surface area contributed by atoms with Gasteiger partial charge in [-0.3, -0.25) is 4.18 Å². The van der Waals surface area contributed by atoms with Crippen LogP contribution in [-0.4, -0.2) is 14.7 Å². The topological polar surface area (TPSA) is 82.5 Å². The summed E-state index contributed by atoms with van der Waals surface area (Å²) in [7, 11) is -3.46. The van der Waals surface area contributed by atoms with Crippen LogP contribution < -0.4 is 5.73 Å². The van der Waals surface area contributed by atoms with Gasteiger partial charge in [0.25, 0.3) is 10.1 Å². The molecule has 0 unspecified atom stereocenters. The first-order valence-corrected chi connectivity index (χ1v) is 6.39. The number of anilines is 1. The van der Waals surface area contributed by atoms with E-state index in [4.69, 9.17) is 10.2 Å². The predicted molar refractivity (Wildman–Crippen MR) is 60.3 cm³/mol. The van der Waals surface area contributed by atoms with E-state index in [1.807, 2.05) is 6.07 Å². The van der Waals surface area contributed by atoms with E-state index in [2.05, 4.69) is 4.18 Å². The van der Waals surface area contributed by atoms with Crippen LogP contribution in [0, 0.1) is 0 Å². The molecule has 0 aliphatic heterocycles. The molecule has 2 N–H and O–H groups in total. The van der Waals surface area contributed by atoms with Gasteiger partial charge in [0.1, 0.15) is 12.4 Å². The van der Waals surface area contributed by atoms with Crippen molar-refractivity contribution in [3.8, 4) is 0 Å². The molecule has 0 aliphatic rings. The van der Waals surface area contributed by atoms with E-state index in [9.17, 15) is 8.42 Å². The molecule has 16 heavy (non-hydrogen) atoms. The summed E-state index contributed by atoms with van der Waals surface area (Å²) in [5, 5.41) is 0.826. The first kappa shape index (κ1) is 11.0. The van der Waals surface area contributed by atoms with Crippen LogP contribution in [0.5, 0.6) is 0 Å². The Kier molecular flexibility index (Phi) is 2.61. The van der Waals surface area contributed by atoms with Gasteiger partial charge in [-0.25, -0.2) is 0 Å². The zero-order valence-corrected chi connectivity index (χ0v) is 9.45. The number of nitrogen functional groups attached to an aromatic ring is 1. The van der Waals surface area contributed by atoms with Gasteiger partial charge in [0.15, 0.2) is 5.58 Å². The van der Waals surface area contributed by atoms with Crippen LogP contribution in [0.4, 0.5) is 5.69 Å². The van der Waals surface area contributed by atoms with Crippen molar-refractivity contribution in [2.75, 3.05) is 12.0 Å². The third kappa shape index (κ3) is 2.34. The number of para-hydroxylation sites is 1. The van der Waals surface area contributed by atoms with E-state index in [-0.39, 0.29) is 6.61 Å². The Morgan fingerprint density at radius 2 is 2.19 bits per heavy atom. The van der Waals surface area contributed by atoms with Crippen molar-refractivity contribution in [2.24, 2.45) is 0 Å². The van der Waals surface area contributed by atoms with E-state index in [0.29, 0.717) is 17.0 Å². The Morgan fingerprint density at radius 1 is 1.44 bits per heavy atom. The number of benzene rings is 1. The minimum atomic E-state index is -3.46. The maximum absolute atomic E-state index is 10.8. The lowest BCUT2D eigenvalue weighted by Gasteiger charge is -1.96. The summed E-state index contributed by atoms with van der Waals surface area (Å²) in [6, 6.07) is 7.05. The lowest BCUT2D eigenvalue weighted by Crippen LogP contribution is -2.01. The highest BCUT2D eigenvalue weighted by atomic mass is 32.2. The number of hydrogen-bond donors (Lipinski definition) is 1. The number of fused-ring (bicyclic) bond motifs is 1. The molecule has 0 bridgehead atoms. The molecule has 1 heterocycles. The number of furan rings is 1. The molecule has 0 aliphatic carbocycles. The molecule has 86 valence electrons. The van der Waals surface area contributed by atoms with E-state index in [1.165, 1.54) is 0 Å². The quantitative estimate of drug-likeness (QED) is 0.650. The molecule has 0 fully saturated rings. The molecule has 0 atom stereocenters. The molecule has 6 heteroatoms. The summed E-state index contributed by atoms with van der Waals surface area (Å²) in [4.78, 5) is 0. The van der Waals surface area contributed by atoms with Crippen LogP contribution in [0.2, 0.25) is 0 Å². The maximum Gasteiger partial charge on any atom is 0.264 e. The van der Waals surface area contributed by atoms with Crippen LogP contribution >= 0.6 is 0 Å². The number of nitrogens with two attached hydrogens (primary N) is 1. The second kappa shape index (κ2) is 3.80. The molecule has 0 radical (unpaired) electrons. The third-order valence-corrected chi connectivity index (χ3v) is 2.59. The molecule has 1 aromatic heterocycles. The van der Waals surface area contributed by atoms with E-state index in [0.717, 1.165) is 11.6 Å². The Hall–Kier alpha value is -1.53. The summed E-state index contributed by atoms with van der Waals surface area (Å²) >= 11 is 0. The van der Waals surface area contributed by atoms with E-state index >= 15 is 0 Å². The van der Waals surface area contributed by atoms with Gasteiger partial charge in [0.05, 0.1) is 11.9 Å². The molecule has 2 rings (SSSR count). The van der Waals surface area contributed by atoms with E-state index in [1.54, 1.807) is 18.2 Å². The van der Waals surface area contributed by atoms with Gasteiger partial charge >= 0.3 is 0 Å². The third-order valence-electron chi connectivity index (χ3n) is 2.04. The molecule has 0 saturated heterocycles. The maximum atomic E-state index is 10.8. The van der Waals surface area contributed by atoms with Crippen molar-refractivity contribution in [1.82, 2.24) is 0 Å². The van der Waals surface area contributed by atoms with Crippen LogP contribution in [0.15, 0.2) is 28.7 Å². The second-order valence-corrected chi connectivity index (χ2v) is 5.09. The lowest BCUT2D eigenvalue weighted by molar-refractivity contribution is 0.281. The van der Waals surface area contributed by atoms with E-state index < -0.39 is 10.1 Å². The number of hydrogen-bond acceptors (Lipinski definition) is 5. The summed E-state index contributed by atoms with van der Waals surface area (Å²) in [5.41, 5.74) is 6.77. The largest absolute Gasteiger partial charge is 0.456 e. The summed E-state index contributed by atoms with van der Waals surface area (Å²) < 4.78 is 31.6. The van der Waals surface area contributed by atoms with Crippen LogP contribution in [-0.2, 0) is 20.9 Å². The Balaban J connectivity index is 2.30. The SMILES string of the molecule is CS(=O)(=O)OCc1cc2cccc(N)c2o1. The normalized spacial score (nSPS) is 12.1. The molecule has 2 aromatic rings. The lowest BCUT2D eigenvalue weighted by atomic mass is 10.2. The Morgan fingerprint density at radius 3 is 2.81 bits per heavy atom. The Bertz CT molecular complexity index is 615. The van der Waals surface area contributed by atoms with Crippen molar-refractivity contribution in [2.45, 2.75) is 6.61 Å². The number of rotatable bonds is 3. The molecule has 1 aromatic carbocycles. The smallest absolute Gasteiger partial charge is 0.264 e. The van der Waals surface area contributed by atoms with Gasteiger partial charge in [0, 0.05) is 5.39 Å². The predicted octanol–water partition coefficient (Wildman–Crippen LogP) is 1.49. The highest BCUT2D eigenvalue weighted by Gasteiger charge is 2.09. The van der Waals surface area contributed by atoms with Gasteiger partial charge < -0.3 is 10.2 Å². The highest BCUT2D eigenvalue weighted by molar-refractivity contribution is 7.85. The molecule has 0 saturated carbocycles. The fourth-order valence-corrected chi connectivity index (χ4v) is 1.71. The average Bonchev–Trinajstić information content (AvgIpc) is 2.58.